The maximum Gasteiger partial charge on any atom is 0.0471 e. The van der Waals surface area contributed by atoms with Crippen molar-refractivity contribution in [2.24, 2.45) is 0 Å². The van der Waals surface area contributed by atoms with Gasteiger partial charge in [0.15, 0.2) is 0 Å². The lowest BCUT2D eigenvalue weighted by molar-refractivity contribution is 0.725. The Balaban J connectivity index is 2.42. The number of anilines is 1. The van der Waals surface area contributed by atoms with Crippen molar-refractivity contribution >= 4 is 17.3 Å². The molecule has 0 fully saturated rings. The van der Waals surface area contributed by atoms with Crippen molar-refractivity contribution in [3.8, 4) is 0 Å². The Labute approximate surface area is 76.9 Å². The Morgan fingerprint density at radius 2 is 2.17 bits per heavy atom. The summed E-state index contributed by atoms with van der Waals surface area (Å²) in [5.41, 5.74) is 2.34. The normalized spacial score (nSPS) is 16.1. The van der Waals surface area contributed by atoms with Crippen LogP contribution in [0.4, 0.5) is 5.69 Å². The van der Waals surface area contributed by atoms with Crippen molar-refractivity contribution in [3.63, 3.8) is 0 Å². The first-order chi connectivity index (χ1) is 5.88. The van der Waals surface area contributed by atoms with Gasteiger partial charge >= 0.3 is 0 Å². The van der Waals surface area contributed by atoms with E-state index >= 15 is 0 Å². The minimum Gasteiger partial charge on any atom is -0.383 e. The van der Waals surface area contributed by atoms with Crippen molar-refractivity contribution in [1.82, 2.24) is 5.32 Å². The van der Waals surface area contributed by atoms with Crippen LogP contribution in [0.15, 0.2) is 18.2 Å². The molecule has 0 bridgehead atoms. The summed E-state index contributed by atoms with van der Waals surface area (Å²) in [4.78, 5) is 0. The summed E-state index contributed by atoms with van der Waals surface area (Å²) in [6, 6.07) is 5.96. The molecule has 0 spiro atoms. The van der Waals surface area contributed by atoms with Gasteiger partial charge in [0.25, 0.3) is 0 Å². The zero-order valence-electron chi connectivity index (χ0n) is 6.73. The van der Waals surface area contributed by atoms with Crippen molar-refractivity contribution in [3.05, 3.63) is 28.8 Å². The molecule has 2 nitrogen and oxygen atoms in total. The molecule has 2 rings (SSSR count). The SMILES string of the molecule is Clc1cccc2c1CNCCN2. The number of hydrogen-bond acceptors (Lipinski definition) is 2. The lowest BCUT2D eigenvalue weighted by atomic mass is 10.2. The van der Waals surface area contributed by atoms with Gasteiger partial charge in [0, 0.05) is 35.9 Å². The van der Waals surface area contributed by atoms with Gasteiger partial charge in [-0.15, -0.1) is 0 Å². The van der Waals surface area contributed by atoms with E-state index < -0.39 is 0 Å². The molecule has 0 saturated carbocycles. The van der Waals surface area contributed by atoms with E-state index in [0.717, 1.165) is 30.3 Å². The lowest BCUT2D eigenvalue weighted by Crippen LogP contribution is -2.16. The van der Waals surface area contributed by atoms with E-state index in [0.29, 0.717) is 0 Å². The van der Waals surface area contributed by atoms with Crippen LogP contribution in [-0.4, -0.2) is 13.1 Å². The van der Waals surface area contributed by atoms with Crippen LogP contribution in [0.2, 0.25) is 5.02 Å². The van der Waals surface area contributed by atoms with Gasteiger partial charge in [0.1, 0.15) is 0 Å². The quantitative estimate of drug-likeness (QED) is 0.640. The zero-order valence-corrected chi connectivity index (χ0v) is 7.49. The molecule has 0 atom stereocenters. The first kappa shape index (κ1) is 7.90. The number of halogens is 1. The van der Waals surface area contributed by atoms with E-state index in [-0.39, 0.29) is 0 Å². The second-order valence-electron chi connectivity index (χ2n) is 2.87. The monoisotopic (exact) mass is 182 g/mol. The third-order valence-corrected chi connectivity index (χ3v) is 2.39. The number of fused-ring (bicyclic) bond motifs is 1. The van der Waals surface area contributed by atoms with Crippen LogP contribution in [0.1, 0.15) is 5.56 Å². The van der Waals surface area contributed by atoms with E-state index in [9.17, 15) is 0 Å². The molecule has 0 saturated heterocycles. The molecular formula is C9H11ClN2. The Morgan fingerprint density at radius 3 is 3.08 bits per heavy atom. The van der Waals surface area contributed by atoms with Gasteiger partial charge in [-0.3, -0.25) is 0 Å². The van der Waals surface area contributed by atoms with Crippen molar-refractivity contribution < 1.29 is 0 Å². The Bertz CT molecular complexity index is 286. The number of nitrogens with one attached hydrogen (secondary N) is 2. The molecular weight excluding hydrogens is 172 g/mol. The largest absolute Gasteiger partial charge is 0.383 e. The highest BCUT2D eigenvalue weighted by Gasteiger charge is 2.08. The van der Waals surface area contributed by atoms with Crippen molar-refractivity contribution in [2.75, 3.05) is 18.4 Å². The van der Waals surface area contributed by atoms with Crippen molar-refractivity contribution in [2.45, 2.75) is 6.54 Å². The Morgan fingerprint density at radius 1 is 1.25 bits per heavy atom. The molecule has 3 heteroatoms. The molecule has 64 valence electrons. The molecule has 1 aliphatic rings. The van der Waals surface area contributed by atoms with Crippen LogP contribution >= 0.6 is 11.6 Å². The van der Waals surface area contributed by atoms with Crippen LogP contribution in [0.3, 0.4) is 0 Å². The summed E-state index contributed by atoms with van der Waals surface area (Å²) in [6.45, 7) is 2.82. The second-order valence-corrected chi connectivity index (χ2v) is 3.28. The molecule has 2 N–H and O–H groups in total. The average molecular weight is 183 g/mol. The molecule has 1 aromatic rings. The van der Waals surface area contributed by atoms with Gasteiger partial charge < -0.3 is 10.6 Å². The molecule has 0 radical (unpaired) electrons. The van der Waals surface area contributed by atoms with E-state index in [1.165, 1.54) is 5.56 Å². The predicted octanol–water partition coefficient (Wildman–Crippen LogP) is 1.86. The van der Waals surface area contributed by atoms with Gasteiger partial charge in [-0.2, -0.15) is 0 Å². The minimum atomic E-state index is 0.842. The number of rotatable bonds is 0. The van der Waals surface area contributed by atoms with Crippen molar-refractivity contribution in [1.29, 1.82) is 0 Å². The van der Waals surface area contributed by atoms with Gasteiger partial charge in [-0.25, -0.2) is 0 Å². The maximum atomic E-state index is 6.03. The fourth-order valence-electron chi connectivity index (χ4n) is 1.40. The smallest absolute Gasteiger partial charge is 0.0471 e. The molecule has 1 aliphatic heterocycles. The van der Waals surface area contributed by atoms with Crippen LogP contribution in [0.25, 0.3) is 0 Å². The lowest BCUT2D eigenvalue weighted by Gasteiger charge is -2.07. The van der Waals surface area contributed by atoms with Crippen LogP contribution in [0, 0.1) is 0 Å². The molecule has 0 unspecified atom stereocenters. The van der Waals surface area contributed by atoms with Gasteiger partial charge in [0.2, 0.25) is 0 Å². The summed E-state index contributed by atoms with van der Waals surface area (Å²) in [7, 11) is 0. The third kappa shape index (κ3) is 1.40. The van der Waals surface area contributed by atoms with E-state index in [2.05, 4.69) is 16.7 Å². The number of hydrogen-bond donors (Lipinski definition) is 2. The summed E-state index contributed by atoms with van der Waals surface area (Å²) >= 11 is 6.03. The standard InChI is InChI=1S/C9H11ClN2/c10-8-2-1-3-9-7(8)6-11-4-5-12-9/h1-3,11-12H,4-6H2. The minimum absolute atomic E-state index is 0.842. The average Bonchev–Trinajstić information content (AvgIpc) is 2.30. The maximum absolute atomic E-state index is 6.03. The second kappa shape index (κ2) is 3.33. The molecule has 12 heavy (non-hydrogen) atoms. The predicted molar refractivity (Wildman–Crippen MR) is 51.6 cm³/mol. The number of benzene rings is 1. The molecule has 1 aromatic carbocycles. The first-order valence-electron chi connectivity index (χ1n) is 4.10. The highest BCUT2D eigenvalue weighted by molar-refractivity contribution is 6.31. The zero-order chi connectivity index (χ0) is 8.39. The van der Waals surface area contributed by atoms with E-state index in [4.69, 9.17) is 11.6 Å². The topological polar surface area (TPSA) is 24.1 Å². The highest BCUT2D eigenvalue weighted by atomic mass is 35.5. The fraction of sp³-hybridized carbons (Fsp3) is 0.333. The molecule has 0 aromatic heterocycles. The van der Waals surface area contributed by atoms with Crippen LogP contribution in [0.5, 0.6) is 0 Å². The Kier molecular flexibility index (Phi) is 2.19. The summed E-state index contributed by atoms with van der Waals surface area (Å²) in [5, 5.41) is 7.46. The van der Waals surface area contributed by atoms with Gasteiger partial charge in [-0.1, -0.05) is 17.7 Å². The van der Waals surface area contributed by atoms with Crippen LogP contribution in [-0.2, 0) is 6.54 Å². The Hall–Kier alpha value is -0.730. The third-order valence-electron chi connectivity index (χ3n) is 2.04. The molecule has 1 heterocycles. The van der Waals surface area contributed by atoms with E-state index in [1.807, 2.05) is 12.1 Å². The fourth-order valence-corrected chi connectivity index (χ4v) is 1.64. The highest BCUT2D eigenvalue weighted by Crippen LogP contribution is 2.24. The van der Waals surface area contributed by atoms with E-state index in [1.54, 1.807) is 0 Å². The summed E-state index contributed by atoms with van der Waals surface area (Å²) in [5.74, 6) is 0. The molecule has 0 aliphatic carbocycles. The first-order valence-corrected chi connectivity index (χ1v) is 4.48. The summed E-state index contributed by atoms with van der Waals surface area (Å²) < 4.78 is 0. The van der Waals surface area contributed by atoms with Gasteiger partial charge in [0.05, 0.1) is 0 Å². The van der Waals surface area contributed by atoms with Crippen LogP contribution < -0.4 is 10.6 Å². The molecule has 0 amide bonds. The summed E-state index contributed by atoms with van der Waals surface area (Å²) in [6.07, 6.45) is 0. The van der Waals surface area contributed by atoms with Gasteiger partial charge in [-0.05, 0) is 12.1 Å².